The minimum absolute atomic E-state index is 0.213. The lowest BCUT2D eigenvalue weighted by molar-refractivity contribution is -0.145. The molecule has 0 fully saturated rings. The normalized spacial score (nSPS) is 11.9. The van der Waals surface area contributed by atoms with Crippen LogP contribution in [0.25, 0.3) is 0 Å². The van der Waals surface area contributed by atoms with Gasteiger partial charge in [-0.3, -0.25) is 4.79 Å². The van der Waals surface area contributed by atoms with Crippen molar-refractivity contribution in [3.63, 3.8) is 0 Å². The molecule has 1 aromatic carbocycles. The molecule has 0 aliphatic rings. The lowest BCUT2D eigenvalue weighted by Crippen LogP contribution is -2.33. The van der Waals surface area contributed by atoms with E-state index in [0.29, 0.717) is 0 Å². The monoisotopic (exact) mass is 241 g/mol. The number of carbonyl (C=O) groups excluding carboxylic acids is 1. The van der Waals surface area contributed by atoms with Crippen LogP contribution in [0.2, 0.25) is 0 Å². The van der Waals surface area contributed by atoms with Gasteiger partial charge >= 0.3 is 5.97 Å². The molecule has 0 heterocycles. The van der Waals surface area contributed by atoms with Gasteiger partial charge < -0.3 is 15.2 Å². The number of carbonyl (C=O) groups is 1. The molecule has 0 amide bonds. The molecule has 0 aliphatic carbocycles. The Hall–Kier alpha value is -1.20. The lowest BCUT2D eigenvalue weighted by Gasteiger charge is -2.09. The maximum Gasteiger partial charge on any atom is 0.324 e. The fourth-order valence-electron chi connectivity index (χ4n) is 1.06. The van der Waals surface area contributed by atoms with Crippen molar-refractivity contribution in [2.24, 2.45) is 5.73 Å². The largest absolute Gasteiger partial charge is 0.497 e. The number of rotatable bonds is 5. The van der Waals surface area contributed by atoms with Crippen LogP contribution in [0.15, 0.2) is 24.3 Å². The van der Waals surface area contributed by atoms with E-state index >= 15 is 0 Å². The number of methoxy groups -OCH3 is 1. The van der Waals surface area contributed by atoms with Gasteiger partial charge in [0.2, 0.25) is 0 Å². The van der Waals surface area contributed by atoms with Crippen LogP contribution >= 0.6 is 12.6 Å². The fraction of sp³-hybridized carbons (Fsp3) is 0.364. The predicted octanol–water partition coefficient (Wildman–Crippen LogP) is 0.996. The van der Waals surface area contributed by atoms with E-state index < -0.39 is 12.0 Å². The van der Waals surface area contributed by atoms with Crippen LogP contribution < -0.4 is 10.5 Å². The van der Waals surface area contributed by atoms with Crippen molar-refractivity contribution in [3.8, 4) is 5.75 Å². The van der Waals surface area contributed by atoms with Gasteiger partial charge in [-0.25, -0.2) is 0 Å². The number of ether oxygens (including phenoxy) is 2. The maximum atomic E-state index is 11.2. The van der Waals surface area contributed by atoms with E-state index in [1.807, 2.05) is 24.3 Å². The summed E-state index contributed by atoms with van der Waals surface area (Å²) in [6.07, 6.45) is 0. The van der Waals surface area contributed by atoms with E-state index in [0.717, 1.165) is 11.3 Å². The van der Waals surface area contributed by atoms with Gasteiger partial charge in [-0.1, -0.05) is 12.1 Å². The van der Waals surface area contributed by atoms with Crippen molar-refractivity contribution < 1.29 is 14.3 Å². The minimum atomic E-state index is -0.665. The van der Waals surface area contributed by atoms with E-state index in [2.05, 4.69) is 12.6 Å². The van der Waals surface area contributed by atoms with Crippen LogP contribution in [0.1, 0.15) is 5.56 Å². The molecule has 2 N–H and O–H groups in total. The number of benzene rings is 1. The van der Waals surface area contributed by atoms with E-state index in [-0.39, 0.29) is 12.4 Å². The number of esters is 1. The van der Waals surface area contributed by atoms with Gasteiger partial charge in [0.05, 0.1) is 7.11 Å². The van der Waals surface area contributed by atoms with Gasteiger partial charge in [-0.15, -0.1) is 0 Å². The van der Waals surface area contributed by atoms with Gasteiger partial charge in [-0.05, 0) is 17.7 Å². The molecule has 1 aromatic rings. The second kappa shape index (κ2) is 6.40. The first-order valence-electron chi connectivity index (χ1n) is 4.83. The summed E-state index contributed by atoms with van der Waals surface area (Å²) in [4.78, 5) is 11.2. The van der Waals surface area contributed by atoms with Crippen molar-refractivity contribution in [1.82, 2.24) is 0 Å². The van der Waals surface area contributed by atoms with E-state index in [4.69, 9.17) is 15.2 Å². The Morgan fingerprint density at radius 1 is 1.44 bits per heavy atom. The topological polar surface area (TPSA) is 61.5 Å². The lowest BCUT2D eigenvalue weighted by atomic mass is 10.2. The average molecular weight is 241 g/mol. The SMILES string of the molecule is COc1ccc(COC(=O)[C@H](N)CS)cc1. The third-order valence-corrected chi connectivity index (χ3v) is 2.43. The Kier molecular flexibility index (Phi) is 5.14. The predicted molar refractivity (Wildman–Crippen MR) is 64.6 cm³/mol. The number of hydrogen-bond acceptors (Lipinski definition) is 5. The highest BCUT2D eigenvalue weighted by molar-refractivity contribution is 7.80. The number of nitrogens with two attached hydrogens (primary N) is 1. The van der Waals surface area contributed by atoms with E-state index in [9.17, 15) is 4.79 Å². The van der Waals surface area contributed by atoms with Crippen molar-refractivity contribution >= 4 is 18.6 Å². The first kappa shape index (κ1) is 12.9. The first-order chi connectivity index (χ1) is 7.67. The first-order valence-corrected chi connectivity index (χ1v) is 5.46. The highest BCUT2D eigenvalue weighted by Gasteiger charge is 2.12. The van der Waals surface area contributed by atoms with Gasteiger partial charge in [0.15, 0.2) is 0 Å². The molecular formula is C11H15NO3S. The summed E-state index contributed by atoms with van der Waals surface area (Å²) < 4.78 is 10.0. The molecule has 5 heteroatoms. The molecule has 0 saturated heterocycles. The molecule has 0 unspecified atom stereocenters. The second-order valence-corrected chi connectivity index (χ2v) is 3.61. The van der Waals surface area contributed by atoms with Crippen LogP contribution in [0.3, 0.4) is 0 Å². The summed E-state index contributed by atoms with van der Waals surface area (Å²) >= 11 is 3.92. The zero-order valence-electron chi connectivity index (χ0n) is 9.05. The Labute approximate surface area is 100 Å². The smallest absolute Gasteiger partial charge is 0.324 e. The van der Waals surface area contributed by atoms with Gasteiger partial charge in [0.1, 0.15) is 18.4 Å². The zero-order chi connectivity index (χ0) is 12.0. The van der Waals surface area contributed by atoms with Crippen molar-refractivity contribution in [2.75, 3.05) is 12.9 Å². The molecule has 0 aliphatic heterocycles. The van der Waals surface area contributed by atoms with Crippen LogP contribution in [0, 0.1) is 0 Å². The fourth-order valence-corrected chi connectivity index (χ4v) is 1.21. The third kappa shape index (κ3) is 3.75. The van der Waals surface area contributed by atoms with E-state index in [1.54, 1.807) is 7.11 Å². The molecule has 0 aromatic heterocycles. The van der Waals surface area contributed by atoms with Crippen molar-refractivity contribution in [3.05, 3.63) is 29.8 Å². The summed E-state index contributed by atoms with van der Waals surface area (Å²) in [5.74, 6) is 0.606. The molecule has 0 spiro atoms. The molecule has 4 nitrogen and oxygen atoms in total. The van der Waals surface area contributed by atoms with Crippen molar-refractivity contribution in [2.45, 2.75) is 12.6 Å². The molecule has 0 saturated carbocycles. The second-order valence-electron chi connectivity index (χ2n) is 3.24. The third-order valence-electron chi connectivity index (χ3n) is 2.04. The number of hydrogen-bond donors (Lipinski definition) is 2. The molecule has 1 atom stereocenters. The summed E-state index contributed by atoms with van der Waals surface area (Å²) in [5.41, 5.74) is 6.34. The molecule has 0 radical (unpaired) electrons. The molecular weight excluding hydrogens is 226 g/mol. The highest BCUT2D eigenvalue weighted by Crippen LogP contribution is 2.12. The molecule has 88 valence electrons. The highest BCUT2D eigenvalue weighted by atomic mass is 32.1. The molecule has 1 rings (SSSR count). The van der Waals surface area contributed by atoms with Gasteiger partial charge in [-0.2, -0.15) is 12.6 Å². The molecule has 16 heavy (non-hydrogen) atoms. The number of thiol groups is 1. The quantitative estimate of drug-likeness (QED) is 0.596. The zero-order valence-corrected chi connectivity index (χ0v) is 9.94. The van der Waals surface area contributed by atoms with Crippen molar-refractivity contribution in [1.29, 1.82) is 0 Å². The Morgan fingerprint density at radius 3 is 2.56 bits per heavy atom. The van der Waals surface area contributed by atoms with E-state index in [1.165, 1.54) is 0 Å². The standard InChI is InChI=1S/C11H15NO3S/c1-14-9-4-2-8(3-5-9)6-15-11(13)10(12)7-16/h2-5,10,16H,6-7,12H2,1H3/t10-/m1/s1. The van der Waals surface area contributed by atoms with Crippen LogP contribution in [0.4, 0.5) is 0 Å². The van der Waals surface area contributed by atoms with Crippen LogP contribution in [-0.4, -0.2) is 24.9 Å². The summed E-state index contributed by atoms with van der Waals surface area (Å²) in [5, 5.41) is 0. The van der Waals surface area contributed by atoms with Crippen LogP contribution in [-0.2, 0) is 16.1 Å². The average Bonchev–Trinajstić information content (AvgIpc) is 2.35. The Morgan fingerprint density at radius 2 is 2.06 bits per heavy atom. The van der Waals surface area contributed by atoms with Gasteiger partial charge in [0.25, 0.3) is 0 Å². The minimum Gasteiger partial charge on any atom is -0.497 e. The Balaban J connectivity index is 2.45. The summed E-state index contributed by atoms with van der Waals surface area (Å²) in [6.45, 7) is 0.213. The summed E-state index contributed by atoms with van der Waals surface area (Å²) in [6, 6.07) is 6.61. The summed E-state index contributed by atoms with van der Waals surface area (Å²) in [7, 11) is 1.60. The molecule has 0 bridgehead atoms. The maximum absolute atomic E-state index is 11.2. The van der Waals surface area contributed by atoms with Gasteiger partial charge in [0, 0.05) is 5.75 Å². The Bertz CT molecular complexity index is 340. The van der Waals surface area contributed by atoms with Crippen LogP contribution in [0.5, 0.6) is 5.75 Å².